The maximum atomic E-state index is 12.3. The molecule has 5 heteroatoms. The third kappa shape index (κ3) is 2.96. The average Bonchev–Trinajstić information content (AvgIpc) is 2.98. The molecule has 1 aromatic carbocycles. The first-order chi connectivity index (χ1) is 12.2. The molecule has 25 heavy (non-hydrogen) atoms. The molecule has 0 saturated carbocycles. The van der Waals surface area contributed by atoms with Crippen LogP contribution >= 0.6 is 0 Å². The van der Waals surface area contributed by atoms with Crippen molar-refractivity contribution >= 4 is 23.1 Å². The number of hydrogen-bond donors (Lipinski definition) is 1. The Balaban J connectivity index is 1.55. The van der Waals surface area contributed by atoms with Crippen molar-refractivity contribution in [1.29, 1.82) is 0 Å². The zero-order valence-electron chi connectivity index (χ0n) is 13.9. The van der Waals surface area contributed by atoms with Gasteiger partial charge in [0.05, 0.1) is 17.4 Å². The van der Waals surface area contributed by atoms with E-state index in [9.17, 15) is 4.79 Å². The predicted molar refractivity (Wildman–Crippen MR) is 98.2 cm³/mol. The molecule has 0 radical (unpaired) electrons. The fourth-order valence-corrected chi connectivity index (χ4v) is 3.22. The van der Waals surface area contributed by atoms with Crippen LogP contribution < -0.4 is 10.2 Å². The van der Waals surface area contributed by atoms with Gasteiger partial charge in [0, 0.05) is 24.1 Å². The summed E-state index contributed by atoms with van der Waals surface area (Å²) in [5.74, 6) is 0.664. The molecule has 1 aliphatic rings. The molecule has 2 aromatic heterocycles. The minimum atomic E-state index is -0.193. The van der Waals surface area contributed by atoms with Crippen molar-refractivity contribution in [1.82, 2.24) is 9.97 Å². The van der Waals surface area contributed by atoms with Crippen LogP contribution in [-0.4, -0.2) is 21.9 Å². The Labute approximate surface area is 146 Å². The number of carbonyl (C=O) groups is 1. The molecule has 0 saturated heterocycles. The summed E-state index contributed by atoms with van der Waals surface area (Å²) >= 11 is 0. The Bertz CT molecular complexity index is 893. The lowest BCUT2D eigenvalue weighted by atomic mass is 10.1. The molecule has 124 valence electrons. The number of amides is 1. The van der Waals surface area contributed by atoms with Gasteiger partial charge in [0.15, 0.2) is 0 Å². The van der Waals surface area contributed by atoms with Gasteiger partial charge in [0.25, 0.3) is 5.91 Å². The molecule has 1 atom stereocenters. The van der Waals surface area contributed by atoms with E-state index >= 15 is 0 Å². The van der Waals surface area contributed by atoms with Gasteiger partial charge >= 0.3 is 0 Å². The van der Waals surface area contributed by atoms with Crippen molar-refractivity contribution in [3.8, 4) is 0 Å². The number of nitrogens with zero attached hydrogens (tertiary/aromatic N) is 3. The van der Waals surface area contributed by atoms with E-state index in [1.807, 2.05) is 18.2 Å². The van der Waals surface area contributed by atoms with Crippen LogP contribution in [0.5, 0.6) is 0 Å². The van der Waals surface area contributed by atoms with Crippen molar-refractivity contribution in [3.63, 3.8) is 0 Å². The Hall–Kier alpha value is -3.21. The largest absolute Gasteiger partial charge is 0.323 e. The zero-order chi connectivity index (χ0) is 17.2. The highest BCUT2D eigenvalue weighted by molar-refractivity contribution is 6.04. The minimum Gasteiger partial charge on any atom is -0.323 e. The molecule has 5 nitrogen and oxygen atoms in total. The lowest BCUT2D eigenvalue weighted by Gasteiger charge is -2.23. The second-order valence-corrected chi connectivity index (χ2v) is 6.15. The van der Waals surface area contributed by atoms with E-state index in [0.717, 1.165) is 12.2 Å². The van der Waals surface area contributed by atoms with E-state index in [-0.39, 0.29) is 5.91 Å². The Kier molecular flexibility index (Phi) is 3.90. The van der Waals surface area contributed by atoms with Crippen LogP contribution in [0.25, 0.3) is 0 Å². The number of hydrogen-bond acceptors (Lipinski definition) is 4. The Morgan fingerprint density at radius 2 is 2.00 bits per heavy atom. The number of anilines is 3. The molecule has 0 aliphatic carbocycles. The van der Waals surface area contributed by atoms with Gasteiger partial charge in [-0.2, -0.15) is 0 Å². The molecular formula is C20H18N4O. The summed E-state index contributed by atoms with van der Waals surface area (Å²) in [4.78, 5) is 23.0. The number of rotatable bonds is 3. The standard InChI is InChI=1S/C20H18N4O/c1-14-11-15-5-2-3-7-18(15)24(14)19-9-8-16(12-22-19)20(25)23-17-6-4-10-21-13-17/h2-10,12-14H,11H2,1H3,(H,23,25). The van der Waals surface area contributed by atoms with Gasteiger partial charge in [0.2, 0.25) is 0 Å². The summed E-state index contributed by atoms with van der Waals surface area (Å²) in [5, 5.41) is 2.82. The van der Waals surface area contributed by atoms with Crippen LogP contribution in [0, 0.1) is 0 Å². The number of fused-ring (bicyclic) bond motifs is 1. The van der Waals surface area contributed by atoms with E-state index in [1.54, 1.807) is 30.7 Å². The van der Waals surface area contributed by atoms with Gasteiger partial charge in [-0.15, -0.1) is 0 Å². The fourth-order valence-electron chi connectivity index (χ4n) is 3.22. The van der Waals surface area contributed by atoms with Crippen molar-refractivity contribution in [2.45, 2.75) is 19.4 Å². The van der Waals surface area contributed by atoms with Gasteiger partial charge in [0.1, 0.15) is 5.82 Å². The number of pyridine rings is 2. The lowest BCUT2D eigenvalue weighted by molar-refractivity contribution is 0.102. The summed E-state index contributed by atoms with van der Waals surface area (Å²) in [5.41, 5.74) is 3.71. The van der Waals surface area contributed by atoms with E-state index in [4.69, 9.17) is 0 Å². The molecule has 3 heterocycles. The molecule has 0 fully saturated rings. The van der Waals surface area contributed by atoms with E-state index in [1.165, 1.54) is 11.3 Å². The molecule has 4 rings (SSSR count). The highest BCUT2D eigenvalue weighted by Crippen LogP contribution is 2.36. The van der Waals surface area contributed by atoms with E-state index in [2.05, 4.69) is 45.3 Å². The summed E-state index contributed by atoms with van der Waals surface area (Å²) in [6.07, 6.45) is 5.90. The second kappa shape index (κ2) is 6.36. The van der Waals surface area contributed by atoms with Crippen LogP contribution in [-0.2, 0) is 6.42 Å². The normalized spacial score (nSPS) is 15.7. The number of benzene rings is 1. The minimum absolute atomic E-state index is 0.193. The monoisotopic (exact) mass is 330 g/mol. The van der Waals surface area contributed by atoms with Gasteiger partial charge in [-0.05, 0) is 49.2 Å². The summed E-state index contributed by atoms with van der Waals surface area (Å²) in [6.45, 7) is 2.19. The van der Waals surface area contributed by atoms with Crippen molar-refractivity contribution in [3.05, 3.63) is 78.2 Å². The van der Waals surface area contributed by atoms with Crippen LogP contribution in [0.3, 0.4) is 0 Å². The maximum absolute atomic E-state index is 12.3. The molecule has 0 spiro atoms. The summed E-state index contributed by atoms with van der Waals surface area (Å²) in [6, 6.07) is 16.0. The third-order valence-electron chi connectivity index (χ3n) is 4.38. The highest BCUT2D eigenvalue weighted by atomic mass is 16.1. The molecule has 1 unspecified atom stereocenters. The van der Waals surface area contributed by atoms with Crippen LogP contribution in [0.15, 0.2) is 67.1 Å². The van der Waals surface area contributed by atoms with Crippen molar-refractivity contribution in [2.24, 2.45) is 0 Å². The van der Waals surface area contributed by atoms with Gasteiger partial charge in [-0.1, -0.05) is 18.2 Å². The van der Waals surface area contributed by atoms with Crippen molar-refractivity contribution < 1.29 is 4.79 Å². The number of aromatic nitrogens is 2. The number of carbonyl (C=O) groups excluding carboxylic acids is 1. The SMILES string of the molecule is CC1Cc2ccccc2N1c1ccc(C(=O)Nc2cccnc2)cn1. The van der Waals surface area contributed by atoms with Crippen molar-refractivity contribution in [2.75, 3.05) is 10.2 Å². The van der Waals surface area contributed by atoms with Gasteiger partial charge in [-0.3, -0.25) is 9.78 Å². The lowest BCUT2D eigenvalue weighted by Crippen LogP contribution is -2.25. The topological polar surface area (TPSA) is 58.1 Å². The first-order valence-electron chi connectivity index (χ1n) is 8.27. The van der Waals surface area contributed by atoms with Crippen LogP contribution in [0.4, 0.5) is 17.2 Å². The van der Waals surface area contributed by atoms with Gasteiger partial charge < -0.3 is 10.2 Å². The second-order valence-electron chi connectivity index (χ2n) is 6.15. The molecule has 3 aromatic rings. The Morgan fingerprint density at radius 1 is 1.12 bits per heavy atom. The van der Waals surface area contributed by atoms with E-state index < -0.39 is 0 Å². The van der Waals surface area contributed by atoms with Gasteiger partial charge in [-0.25, -0.2) is 4.98 Å². The zero-order valence-corrected chi connectivity index (χ0v) is 13.9. The first kappa shape index (κ1) is 15.3. The predicted octanol–water partition coefficient (Wildman–Crippen LogP) is 3.81. The van der Waals surface area contributed by atoms with Crippen LogP contribution in [0.1, 0.15) is 22.8 Å². The first-order valence-corrected chi connectivity index (χ1v) is 8.27. The summed E-state index contributed by atoms with van der Waals surface area (Å²) in [7, 11) is 0. The smallest absolute Gasteiger partial charge is 0.257 e. The fraction of sp³-hybridized carbons (Fsp3) is 0.150. The quantitative estimate of drug-likeness (QED) is 0.793. The Morgan fingerprint density at radius 3 is 2.76 bits per heavy atom. The highest BCUT2D eigenvalue weighted by Gasteiger charge is 2.27. The number of nitrogens with one attached hydrogen (secondary N) is 1. The molecule has 1 amide bonds. The molecule has 0 bridgehead atoms. The molecular weight excluding hydrogens is 312 g/mol. The number of para-hydroxylation sites is 1. The average molecular weight is 330 g/mol. The van der Waals surface area contributed by atoms with Crippen LogP contribution in [0.2, 0.25) is 0 Å². The summed E-state index contributed by atoms with van der Waals surface area (Å²) < 4.78 is 0. The third-order valence-corrected chi connectivity index (χ3v) is 4.38. The molecule has 1 N–H and O–H groups in total. The molecule has 1 aliphatic heterocycles. The van der Waals surface area contributed by atoms with E-state index in [0.29, 0.717) is 17.3 Å². The maximum Gasteiger partial charge on any atom is 0.257 e.